The summed E-state index contributed by atoms with van der Waals surface area (Å²) in [5, 5.41) is 0.943. The molecular formula is C12H13NO2. The van der Waals surface area contributed by atoms with E-state index in [0.29, 0.717) is 12.2 Å². The van der Waals surface area contributed by atoms with Crippen molar-refractivity contribution in [2.45, 2.75) is 6.92 Å². The molecule has 78 valence electrons. The molecule has 2 aromatic rings. The van der Waals surface area contributed by atoms with Crippen LogP contribution in [0.3, 0.4) is 0 Å². The number of hydrogen-bond donors (Lipinski definition) is 0. The Balaban J connectivity index is 2.57. The third kappa shape index (κ3) is 1.61. The summed E-state index contributed by atoms with van der Waals surface area (Å²) in [4.78, 5) is 11.6. The number of rotatable bonds is 2. The molecule has 0 aliphatic heterocycles. The number of para-hydroxylation sites is 1. The van der Waals surface area contributed by atoms with E-state index in [1.807, 2.05) is 49.0 Å². The molecule has 1 heterocycles. The molecule has 3 heteroatoms. The van der Waals surface area contributed by atoms with Crippen molar-refractivity contribution >= 4 is 16.9 Å². The van der Waals surface area contributed by atoms with Gasteiger partial charge in [-0.25, -0.2) is 4.79 Å². The largest absolute Gasteiger partial charge is 0.462 e. The lowest BCUT2D eigenvalue weighted by Crippen LogP contribution is -2.03. The van der Waals surface area contributed by atoms with Crippen molar-refractivity contribution in [3.05, 3.63) is 36.0 Å². The van der Waals surface area contributed by atoms with E-state index in [1.54, 1.807) is 0 Å². The van der Waals surface area contributed by atoms with Crippen molar-refractivity contribution < 1.29 is 9.53 Å². The third-order valence-electron chi connectivity index (χ3n) is 2.39. The van der Waals surface area contributed by atoms with Crippen molar-refractivity contribution in [2.24, 2.45) is 7.05 Å². The number of aromatic nitrogens is 1. The summed E-state index contributed by atoms with van der Waals surface area (Å²) in [5.74, 6) is -0.255. The van der Waals surface area contributed by atoms with Crippen molar-refractivity contribution in [3.8, 4) is 0 Å². The summed E-state index contributed by atoms with van der Waals surface area (Å²) in [6.45, 7) is 2.21. The van der Waals surface area contributed by atoms with Crippen molar-refractivity contribution in [2.75, 3.05) is 6.61 Å². The van der Waals surface area contributed by atoms with E-state index >= 15 is 0 Å². The molecule has 0 saturated heterocycles. The van der Waals surface area contributed by atoms with E-state index in [4.69, 9.17) is 4.74 Å². The third-order valence-corrected chi connectivity index (χ3v) is 2.39. The van der Waals surface area contributed by atoms with E-state index < -0.39 is 0 Å². The van der Waals surface area contributed by atoms with Gasteiger partial charge in [-0.05, 0) is 13.0 Å². The van der Waals surface area contributed by atoms with Gasteiger partial charge in [0.2, 0.25) is 0 Å². The molecule has 2 rings (SSSR count). The molecule has 3 nitrogen and oxygen atoms in total. The molecule has 0 N–H and O–H groups in total. The first-order chi connectivity index (χ1) is 7.24. The van der Waals surface area contributed by atoms with Crippen LogP contribution in [0, 0.1) is 0 Å². The van der Waals surface area contributed by atoms with Crippen LogP contribution in [-0.2, 0) is 11.8 Å². The van der Waals surface area contributed by atoms with E-state index in [0.717, 1.165) is 10.9 Å². The standard InChI is InChI=1S/C12H13NO2/c1-3-15-12(14)10-8-13(2)11-7-5-4-6-9(10)11/h4-8H,3H2,1-2H3. The molecule has 15 heavy (non-hydrogen) atoms. The minimum atomic E-state index is -0.255. The highest BCUT2D eigenvalue weighted by molar-refractivity contribution is 6.04. The highest BCUT2D eigenvalue weighted by Crippen LogP contribution is 2.20. The topological polar surface area (TPSA) is 31.2 Å². The van der Waals surface area contributed by atoms with Crippen LogP contribution < -0.4 is 0 Å². The zero-order valence-corrected chi connectivity index (χ0v) is 8.86. The molecule has 1 aromatic carbocycles. The van der Waals surface area contributed by atoms with Crippen LogP contribution in [0.25, 0.3) is 10.9 Å². The number of fused-ring (bicyclic) bond motifs is 1. The number of carbonyl (C=O) groups excluding carboxylic acids is 1. The molecule has 0 amide bonds. The molecule has 0 radical (unpaired) electrons. The first-order valence-corrected chi connectivity index (χ1v) is 4.95. The first kappa shape index (κ1) is 9.77. The normalized spacial score (nSPS) is 10.5. The Hall–Kier alpha value is -1.77. The van der Waals surface area contributed by atoms with Gasteiger partial charge < -0.3 is 9.30 Å². The van der Waals surface area contributed by atoms with Crippen LogP contribution in [-0.4, -0.2) is 17.1 Å². The maximum absolute atomic E-state index is 11.6. The Labute approximate surface area is 88.3 Å². The number of benzene rings is 1. The second-order valence-electron chi connectivity index (χ2n) is 3.39. The van der Waals surface area contributed by atoms with Crippen LogP contribution in [0.5, 0.6) is 0 Å². The van der Waals surface area contributed by atoms with E-state index in [-0.39, 0.29) is 5.97 Å². The smallest absolute Gasteiger partial charge is 0.340 e. The van der Waals surface area contributed by atoms with Crippen LogP contribution >= 0.6 is 0 Å². The van der Waals surface area contributed by atoms with Gasteiger partial charge in [-0.15, -0.1) is 0 Å². The van der Waals surface area contributed by atoms with Gasteiger partial charge in [-0.1, -0.05) is 18.2 Å². The number of hydrogen-bond acceptors (Lipinski definition) is 2. The predicted octanol–water partition coefficient (Wildman–Crippen LogP) is 2.36. The van der Waals surface area contributed by atoms with Crippen molar-refractivity contribution in [3.63, 3.8) is 0 Å². The fourth-order valence-corrected chi connectivity index (χ4v) is 1.71. The maximum Gasteiger partial charge on any atom is 0.340 e. The van der Waals surface area contributed by atoms with Gasteiger partial charge in [0.1, 0.15) is 0 Å². The second-order valence-corrected chi connectivity index (χ2v) is 3.39. The van der Waals surface area contributed by atoms with Gasteiger partial charge >= 0.3 is 5.97 Å². The highest BCUT2D eigenvalue weighted by atomic mass is 16.5. The lowest BCUT2D eigenvalue weighted by molar-refractivity contribution is 0.0528. The molecule has 0 saturated carbocycles. The van der Waals surface area contributed by atoms with E-state index in [2.05, 4.69) is 0 Å². The van der Waals surface area contributed by atoms with Gasteiger partial charge in [-0.2, -0.15) is 0 Å². The minimum Gasteiger partial charge on any atom is -0.462 e. The molecule has 0 aliphatic rings. The van der Waals surface area contributed by atoms with Crippen LogP contribution in [0.4, 0.5) is 0 Å². The summed E-state index contributed by atoms with van der Waals surface area (Å²) < 4.78 is 6.93. The highest BCUT2D eigenvalue weighted by Gasteiger charge is 2.13. The lowest BCUT2D eigenvalue weighted by Gasteiger charge is -1.98. The van der Waals surface area contributed by atoms with E-state index in [1.165, 1.54) is 0 Å². The van der Waals surface area contributed by atoms with E-state index in [9.17, 15) is 4.79 Å². The molecular weight excluding hydrogens is 190 g/mol. The summed E-state index contributed by atoms with van der Waals surface area (Å²) in [7, 11) is 1.92. The quantitative estimate of drug-likeness (QED) is 0.701. The average molecular weight is 203 g/mol. The summed E-state index contributed by atoms with van der Waals surface area (Å²) in [6.07, 6.45) is 1.81. The van der Waals surface area contributed by atoms with Crippen LogP contribution in [0.15, 0.2) is 30.5 Å². The number of carbonyl (C=O) groups is 1. The fraction of sp³-hybridized carbons (Fsp3) is 0.250. The summed E-state index contributed by atoms with van der Waals surface area (Å²) >= 11 is 0. The zero-order chi connectivity index (χ0) is 10.8. The van der Waals surface area contributed by atoms with Gasteiger partial charge in [-0.3, -0.25) is 0 Å². The SMILES string of the molecule is CCOC(=O)c1cn(C)c2ccccc12. The van der Waals surface area contributed by atoms with Gasteiger partial charge in [0.05, 0.1) is 12.2 Å². The molecule has 0 unspecified atom stereocenters. The Morgan fingerprint density at radius 1 is 1.40 bits per heavy atom. The van der Waals surface area contributed by atoms with Gasteiger partial charge in [0.15, 0.2) is 0 Å². The Morgan fingerprint density at radius 2 is 2.13 bits per heavy atom. The predicted molar refractivity (Wildman–Crippen MR) is 58.9 cm³/mol. The fourth-order valence-electron chi connectivity index (χ4n) is 1.71. The first-order valence-electron chi connectivity index (χ1n) is 4.95. The monoisotopic (exact) mass is 203 g/mol. The molecule has 0 fully saturated rings. The molecule has 0 atom stereocenters. The Kier molecular flexibility index (Phi) is 2.46. The number of ether oxygens (including phenoxy) is 1. The molecule has 0 spiro atoms. The van der Waals surface area contributed by atoms with Crippen molar-refractivity contribution in [1.82, 2.24) is 4.57 Å². The summed E-state index contributed by atoms with van der Waals surface area (Å²) in [5.41, 5.74) is 1.68. The zero-order valence-electron chi connectivity index (χ0n) is 8.86. The second kappa shape index (κ2) is 3.77. The van der Waals surface area contributed by atoms with Gasteiger partial charge in [0, 0.05) is 24.1 Å². The maximum atomic E-state index is 11.6. The number of nitrogens with zero attached hydrogens (tertiary/aromatic N) is 1. The Bertz CT molecular complexity index is 499. The number of aryl methyl sites for hydroxylation is 1. The molecule has 0 bridgehead atoms. The lowest BCUT2D eigenvalue weighted by atomic mass is 10.2. The van der Waals surface area contributed by atoms with Crippen LogP contribution in [0.2, 0.25) is 0 Å². The average Bonchev–Trinajstić information content (AvgIpc) is 2.58. The summed E-state index contributed by atoms with van der Waals surface area (Å²) in [6, 6.07) is 7.79. The van der Waals surface area contributed by atoms with Crippen molar-refractivity contribution in [1.29, 1.82) is 0 Å². The van der Waals surface area contributed by atoms with Gasteiger partial charge in [0.25, 0.3) is 0 Å². The van der Waals surface area contributed by atoms with Crippen LogP contribution in [0.1, 0.15) is 17.3 Å². The molecule has 0 aliphatic carbocycles. The molecule has 1 aromatic heterocycles. The Morgan fingerprint density at radius 3 is 2.87 bits per heavy atom. The number of esters is 1. The minimum absolute atomic E-state index is 0.255.